The maximum Gasteiger partial charge on any atom is 0.416 e. The van der Waals surface area contributed by atoms with Gasteiger partial charge in [0.15, 0.2) is 34.9 Å². The summed E-state index contributed by atoms with van der Waals surface area (Å²) in [5, 5.41) is 0. The standard InChI is InChI=1S/2C7H4F3O.C7H5F2O.Al/c2*1-11-7-3-5(9)4(8)2-6(7)10;1-10-7-3-5(8)2-6(9)4-7;/h2*2H,1H3;2-3H,1H3;. The minimum absolute atomic E-state index is 0.126. The van der Waals surface area contributed by atoms with Crippen LogP contribution in [0.15, 0.2) is 24.3 Å². The predicted molar refractivity (Wildman–Crippen MR) is 103 cm³/mol. The molecule has 0 bridgehead atoms. The monoisotopic (exact) mass is 492 g/mol. The summed E-state index contributed by atoms with van der Waals surface area (Å²) in [6, 6.07) is 1.21. The van der Waals surface area contributed by atoms with Crippen molar-refractivity contribution < 1.29 is 49.3 Å². The van der Waals surface area contributed by atoms with Crippen molar-refractivity contribution >= 4 is 27.4 Å². The van der Waals surface area contributed by atoms with Gasteiger partial charge in [-0.1, -0.05) is 0 Å². The van der Waals surface area contributed by atoms with Crippen molar-refractivity contribution in [2.45, 2.75) is 0 Å². The second-order valence-electron chi connectivity index (χ2n) is 6.64. The number of methoxy groups -OCH3 is 3. The molecule has 0 heterocycles. The fourth-order valence-electron chi connectivity index (χ4n) is 3.57. The van der Waals surface area contributed by atoms with Crippen molar-refractivity contribution in [2.24, 2.45) is 0 Å². The minimum atomic E-state index is -4.36. The Morgan fingerprint density at radius 2 is 0.970 bits per heavy atom. The van der Waals surface area contributed by atoms with Crippen LogP contribution < -0.4 is 27.5 Å². The lowest BCUT2D eigenvalue weighted by Crippen LogP contribution is -2.57. The lowest BCUT2D eigenvalue weighted by molar-refractivity contribution is 0.379. The van der Waals surface area contributed by atoms with Crippen LogP contribution in [-0.4, -0.2) is 35.5 Å². The van der Waals surface area contributed by atoms with E-state index in [-0.39, 0.29) is 12.1 Å². The summed E-state index contributed by atoms with van der Waals surface area (Å²) in [5.74, 6) is -15.2. The Kier molecular flexibility index (Phi) is 7.09. The van der Waals surface area contributed by atoms with E-state index in [1.54, 1.807) is 0 Å². The summed E-state index contributed by atoms with van der Waals surface area (Å²) in [6.07, 6.45) is 0. The van der Waals surface area contributed by atoms with E-state index in [9.17, 15) is 22.0 Å². The van der Waals surface area contributed by atoms with Crippen LogP contribution in [0.25, 0.3) is 0 Å². The maximum atomic E-state index is 15.1. The van der Waals surface area contributed by atoms with Gasteiger partial charge in [0.25, 0.3) is 0 Å². The van der Waals surface area contributed by atoms with Crippen molar-refractivity contribution in [1.29, 1.82) is 0 Å². The molecule has 3 aromatic rings. The van der Waals surface area contributed by atoms with Gasteiger partial charge < -0.3 is 14.2 Å². The molecular formula is C21H13AlF8O3. The fourth-order valence-corrected chi connectivity index (χ4v) is 7.10. The molecule has 0 radical (unpaired) electrons. The van der Waals surface area contributed by atoms with E-state index in [1.165, 1.54) is 0 Å². The first-order valence-electron chi connectivity index (χ1n) is 9.02. The van der Waals surface area contributed by atoms with Crippen LogP contribution in [0.2, 0.25) is 0 Å². The summed E-state index contributed by atoms with van der Waals surface area (Å²) in [7, 11) is 2.69. The van der Waals surface area contributed by atoms with Crippen LogP contribution in [0, 0.1) is 46.5 Å². The minimum Gasteiger partial charge on any atom is -0.498 e. The molecule has 3 aromatic carbocycles. The highest BCUT2D eigenvalue weighted by atomic mass is 27.2. The molecule has 0 aromatic heterocycles. The van der Waals surface area contributed by atoms with E-state index in [4.69, 9.17) is 14.2 Å². The van der Waals surface area contributed by atoms with Crippen molar-refractivity contribution in [2.75, 3.05) is 21.3 Å². The number of rotatable bonds is 6. The smallest absolute Gasteiger partial charge is 0.416 e. The third-order valence-electron chi connectivity index (χ3n) is 4.87. The third kappa shape index (κ3) is 4.20. The van der Waals surface area contributed by atoms with Gasteiger partial charge in [0.2, 0.25) is 0 Å². The van der Waals surface area contributed by atoms with Gasteiger partial charge in [0, 0.05) is 24.3 Å². The van der Waals surface area contributed by atoms with E-state index in [1.807, 2.05) is 0 Å². The van der Waals surface area contributed by atoms with Crippen LogP contribution in [0.5, 0.6) is 17.2 Å². The van der Waals surface area contributed by atoms with Gasteiger partial charge in [-0.05, 0) is 13.3 Å². The van der Waals surface area contributed by atoms with Gasteiger partial charge >= 0.3 is 14.1 Å². The second kappa shape index (κ2) is 9.49. The first kappa shape index (κ1) is 24.7. The summed E-state index contributed by atoms with van der Waals surface area (Å²) in [6.45, 7) is 0. The first-order chi connectivity index (χ1) is 15.6. The van der Waals surface area contributed by atoms with Crippen molar-refractivity contribution in [3.63, 3.8) is 0 Å². The van der Waals surface area contributed by atoms with Crippen molar-refractivity contribution in [1.82, 2.24) is 0 Å². The first-order valence-corrected chi connectivity index (χ1v) is 10.8. The number of ether oxygens (including phenoxy) is 3. The van der Waals surface area contributed by atoms with Gasteiger partial charge in [-0.3, -0.25) is 0 Å². The van der Waals surface area contributed by atoms with Crippen molar-refractivity contribution in [3.8, 4) is 17.2 Å². The molecule has 0 aliphatic heterocycles. The van der Waals surface area contributed by atoms with Crippen LogP contribution >= 0.6 is 0 Å². The highest BCUT2D eigenvalue weighted by Crippen LogP contribution is 2.26. The molecule has 0 spiro atoms. The van der Waals surface area contributed by atoms with E-state index in [2.05, 4.69) is 0 Å². The topological polar surface area (TPSA) is 27.7 Å². The second-order valence-corrected chi connectivity index (χ2v) is 9.24. The summed E-state index contributed by atoms with van der Waals surface area (Å²) in [4.78, 5) is 0. The third-order valence-corrected chi connectivity index (χ3v) is 8.20. The average molecular weight is 492 g/mol. The quantitative estimate of drug-likeness (QED) is 0.300. The summed E-state index contributed by atoms with van der Waals surface area (Å²) < 4.78 is 128. The summed E-state index contributed by atoms with van der Waals surface area (Å²) in [5.41, 5.74) is 0. The molecule has 0 saturated heterocycles. The normalized spacial score (nSPS) is 10.9. The van der Waals surface area contributed by atoms with E-state index >= 15 is 13.2 Å². The molecule has 3 rings (SSSR count). The zero-order valence-corrected chi connectivity index (χ0v) is 18.3. The van der Waals surface area contributed by atoms with Gasteiger partial charge in [-0.2, -0.15) is 0 Å². The molecule has 0 atom stereocenters. The van der Waals surface area contributed by atoms with Crippen LogP contribution in [-0.2, 0) is 0 Å². The van der Waals surface area contributed by atoms with Crippen LogP contribution in [0.1, 0.15) is 0 Å². The molecule has 0 fully saturated rings. The fraction of sp³-hybridized carbons (Fsp3) is 0.143. The highest BCUT2D eigenvalue weighted by Gasteiger charge is 2.44. The Bertz CT molecular complexity index is 1170. The molecule has 3 nitrogen and oxygen atoms in total. The molecule has 12 heteroatoms. The van der Waals surface area contributed by atoms with Gasteiger partial charge in [-0.25, -0.2) is 35.1 Å². The zero-order valence-electron chi connectivity index (χ0n) is 17.1. The average Bonchev–Trinajstić information content (AvgIpc) is 2.75. The lowest BCUT2D eigenvalue weighted by atomic mass is 10.3. The Labute approximate surface area is 186 Å². The molecule has 0 unspecified atom stereocenters. The Hall–Kier alpha value is -2.97. The van der Waals surface area contributed by atoms with Crippen LogP contribution in [0.3, 0.4) is 0 Å². The van der Waals surface area contributed by atoms with Gasteiger partial charge in [0.05, 0.1) is 21.3 Å². The number of hydrogen-bond acceptors (Lipinski definition) is 3. The SMILES string of the molecule is COc1cc(F)cc(F)[c]1[Al]([c]1c(F)c(F)cc(F)c1OC)[c]1c(F)c(F)cc(F)c1OC. The van der Waals surface area contributed by atoms with Crippen LogP contribution in [0.4, 0.5) is 35.1 Å². The van der Waals surface area contributed by atoms with E-state index in [0.29, 0.717) is 12.1 Å². The lowest BCUT2D eigenvalue weighted by Gasteiger charge is -2.23. The predicted octanol–water partition coefficient (Wildman–Crippen LogP) is 3.34. The Morgan fingerprint density at radius 1 is 0.515 bits per heavy atom. The summed E-state index contributed by atoms with van der Waals surface area (Å²) >= 11 is -4.36. The number of halogens is 8. The molecule has 174 valence electrons. The van der Waals surface area contributed by atoms with Gasteiger partial charge in [-0.15, -0.1) is 0 Å². The zero-order chi connectivity index (χ0) is 24.6. The van der Waals surface area contributed by atoms with Gasteiger partial charge in [0.1, 0.15) is 28.9 Å². The maximum absolute atomic E-state index is 15.1. The molecule has 0 amide bonds. The van der Waals surface area contributed by atoms with Crippen molar-refractivity contribution in [3.05, 3.63) is 70.8 Å². The van der Waals surface area contributed by atoms with E-state index < -0.39 is 91.2 Å². The molecular weight excluding hydrogens is 479 g/mol. The molecule has 0 N–H and O–H groups in total. The molecule has 0 saturated carbocycles. The highest BCUT2D eigenvalue weighted by molar-refractivity contribution is 6.97. The van der Waals surface area contributed by atoms with E-state index in [0.717, 1.165) is 21.3 Å². The number of benzene rings is 3. The molecule has 33 heavy (non-hydrogen) atoms. The Morgan fingerprint density at radius 3 is 1.36 bits per heavy atom. The Balaban J connectivity index is 2.62. The molecule has 0 aliphatic carbocycles. The largest absolute Gasteiger partial charge is 0.498 e. The molecule has 0 aliphatic rings. The number of hydrogen-bond donors (Lipinski definition) is 0.